The summed E-state index contributed by atoms with van der Waals surface area (Å²) in [5.74, 6) is 1.50. The van der Waals surface area contributed by atoms with E-state index in [4.69, 9.17) is 4.74 Å². The summed E-state index contributed by atoms with van der Waals surface area (Å²) in [7, 11) is 0. The van der Waals surface area contributed by atoms with Crippen LogP contribution in [0.4, 0.5) is 0 Å². The van der Waals surface area contributed by atoms with E-state index >= 15 is 0 Å². The van der Waals surface area contributed by atoms with Gasteiger partial charge >= 0.3 is 0 Å². The molecule has 0 atom stereocenters. The third-order valence-corrected chi connectivity index (χ3v) is 4.53. The maximum absolute atomic E-state index is 5.69. The van der Waals surface area contributed by atoms with Gasteiger partial charge in [-0.25, -0.2) is 9.98 Å². The smallest absolute Gasteiger partial charge is 0.218 e. The number of pyridine rings is 1. The van der Waals surface area contributed by atoms with Gasteiger partial charge < -0.3 is 15.4 Å². The Morgan fingerprint density at radius 2 is 2.08 bits per heavy atom. The molecule has 0 saturated heterocycles. The van der Waals surface area contributed by atoms with Gasteiger partial charge in [0.1, 0.15) is 0 Å². The summed E-state index contributed by atoms with van der Waals surface area (Å²) in [6, 6.07) is 3.93. The molecule has 0 bridgehead atoms. The minimum Gasteiger partial charge on any atom is -0.477 e. The molecule has 0 unspecified atom stereocenters. The number of rotatable bonds is 9. The van der Waals surface area contributed by atoms with Gasteiger partial charge in [0, 0.05) is 29.6 Å². The number of guanidine groups is 1. The minimum absolute atomic E-state index is 0. The van der Waals surface area contributed by atoms with Crippen molar-refractivity contribution in [2.75, 3.05) is 26.0 Å². The summed E-state index contributed by atoms with van der Waals surface area (Å²) >= 11 is 1.84. The molecule has 1 heterocycles. The minimum atomic E-state index is 0. The molecule has 5 nitrogen and oxygen atoms in total. The van der Waals surface area contributed by atoms with E-state index in [2.05, 4.69) is 54.6 Å². The molecule has 0 spiro atoms. The molecule has 1 rings (SSSR count). The van der Waals surface area contributed by atoms with Crippen molar-refractivity contribution in [3.63, 3.8) is 0 Å². The highest BCUT2D eigenvalue weighted by molar-refractivity contribution is 14.0. The van der Waals surface area contributed by atoms with E-state index in [0.29, 0.717) is 19.0 Å². The van der Waals surface area contributed by atoms with Crippen molar-refractivity contribution < 1.29 is 4.74 Å². The van der Waals surface area contributed by atoms with Crippen molar-refractivity contribution in [1.82, 2.24) is 15.6 Å². The molecule has 1 aromatic heterocycles. The van der Waals surface area contributed by atoms with E-state index in [1.807, 2.05) is 23.9 Å². The molecule has 0 aliphatic carbocycles. The third-order valence-electron chi connectivity index (χ3n) is 3.28. The van der Waals surface area contributed by atoms with Crippen LogP contribution in [0.3, 0.4) is 0 Å². The van der Waals surface area contributed by atoms with Crippen molar-refractivity contribution in [2.24, 2.45) is 4.99 Å². The van der Waals surface area contributed by atoms with Crippen LogP contribution in [-0.4, -0.2) is 41.6 Å². The fourth-order valence-electron chi connectivity index (χ4n) is 1.75. The number of nitrogens with zero attached hydrogens (tertiary/aromatic N) is 2. The van der Waals surface area contributed by atoms with E-state index in [0.717, 1.165) is 31.0 Å². The zero-order chi connectivity index (χ0) is 17.1. The number of halogens is 1. The number of aliphatic imine (C=N–C) groups is 1. The van der Waals surface area contributed by atoms with Crippen molar-refractivity contribution >= 4 is 41.7 Å². The van der Waals surface area contributed by atoms with Crippen LogP contribution in [0.5, 0.6) is 5.88 Å². The highest BCUT2D eigenvalue weighted by atomic mass is 127. The van der Waals surface area contributed by atoms with E-state index < -0.39 is 0 Å². The zero-order valence-electron chi connectivity index (χ0n) is 15.4. The fraction of sp³-hybridized carbons (Fsp3) is 0.647. The number of hydrogen-bond acceptors (Lipinski definition) is 4. The van der Waals surface area contributed by atoms with Crippen molar-refractivity contribution in [3.8, 4) is 5.88 Å². The summed E-state index contributed by atoms with van der Waals surface area (Å²) in [6.07, 6.45) is 4.84. The summed E-state index contributed by atoms with van der Waals surface area (Å²) in [5, 5.41) is 6.68. The molecule has 0 saturated carbocycles. The molecule has 1 aromatic rings. The molecule has 0 fully saturated rings. The van der Waals surface area contributed by atoms with Crippen molar-refractivity contribution in [1.29, 1.82) is 0 Å². The molecule has 0 aliphatic heterocycles. The summed E-state index contributed by atoms with van der Waals surface area (Å²) in [6.45, 7) is 11.5. The first kappa shape index (κ1) is 23.3. The first-order valence-corrected chi connectivity index (χ1v) is 9.39. The SMILES string of the molecule is CCCOc1ncccc1CN=C(NCC)NCC(C)(C)SC.I. The summed E-state index contributed by atoms with van der Waals surface area (Å²) < 4.78 is 5.85. The molecule has 138 valence electrons. The zero-order valence-corrected chi connectivity index (χ0v) is 18.5. The van der Waals surface area contributed by atoms with E-state index in [-0.39, 0.29) is 28.7 Å². The third kappa shape index (κ3) is 8.96. The van der Waals surface area contributed by atoms with Crippen LogP contribution in [0.2, 0.25) is 0 Å². The van der Waals surface area contributed by atoms with Gasteiger partial charge in [-0.2, -0.15) is 11.8 Å². The maximum Gasteiger partial charge on any atom is 0.218 e. The van der Waals surface area contributed by atoms with Gasteiger partial charge in [-0.1, -0.05) is 13.0 Å². The fourth-order valence-corrected chi connectivity index (χ4v) is 1.96. The lowest BCUT2D eigenvalue weighted by atomic mass is 10.2. The van der Waals surface area contributed by atoms with Crippen LogP contribution in [0, 0.1) is 0 Å². The van der Waals surface area contributed by atoms with Gasteiger partial charge in [-0.15, -0.1) is 24.0 Å². The first-order chi connectivity index (χ1) is 11.0. The maximum atomic E-state index is 5.69. The van der Waals surface area contributed by atoms with Crippen molar-refractivity contribution in [3.05, 3.63) is 23.9 Å². The molecule has 0 aromatic carbocycles. The predicted octanol–water partition coefficient (Wildman–Crippen LogP) is 3.69. The van der Waals surface area contributed by atoms with Gasteiger partial charge in [0.25, 0.3) is 0 Å². The Balaban J connectivity index is 0.00000529. The number of aromatic nitrogens is 1. The van der Waals surface area contributed by atoms with Gasteiger partial charge in [0.05, 0.1) is 13.2 Å². The van der Waals surface area contributed by atoms with Gasteiger partial charge in [0.2, 0.25) is 5.88 Å². The molecule has 0 aliphatic rings. The molecule has 7 heteroatoms. The van der Waals surface area contributed by atoms with Crippen LogP contribution >= 0.6 is 35.7 Å². The molecular formula is C17H31IN4OS. The number of hydrogen-bond donors (Lipinski definition) is 2. The second kappa shape index (κ2) is 12.6. The Kier molecular flexibility index (Phi) is 12.3. The van der Waals surface area contributed by atoms with Gasteiger partial charge in [-0.3, -0.25) is 0 Å². The lowest BCUT2D eigenvalue weighted by molar-refractivity contribution is 0.302. The molecule has 24 heavy (non-hydrogen) atoms. The standard InChI is InChI=1S/C17H30N4OS.HI/c1-6-11-22-15-14(9-8-10-19-15)12-20-16(18-7-2)21-13-17(3,4)23-5;/h8-10H,6-7,11-13H2,1-5H3,(H2,18,20,21);1H. The Morgan fingerprint density at radius 1 is 1.33 bits per heavy atom. The van der Waals surface area contributed by atoms with E-state index in [1.165, 1.54) is 0 Å². The summed E-state index contributed by atoms with van der Waals surface area (Å²) in [5.41, 5.74) is 1.00. The predicted molar refractivity (Wildman–Crippen MR) is 116 cm³/mol. The number of thioether (sulfide) groups is 1. The molecular weight excluding hydrogens is 435 g/mol. The number of nitrogens with one attached hydrogen (secondary N) is 2. The topological polar surface area (TPSA) is 58.5 Å². The molecule has 0 amide bonds. The van der Waals surface area contributed by atoms with Crippen LogP contribution in [0.15, 0.2) is 23.3 Å². The van der Waals surface area contributed by atoms with Crippen LogP contribution in [0.1, 0.15) is 39.7 Å². The lowest BCUT2D eigenvalue weighted by Crippen LogP contribution is -2.43. The van der Waals surface area contributed by atoms with Crippen LogP contribution < -0.4 is 15.4 Å². The van der Waals surface area contributed by atoms with Crippen molar-refractivity contribution in [2.45, 2.75) is 45.4 Å². The average Bonchev–Trinajstić information content (AvgIpc) is 2.56. The van der Waals surface area contributed by atoms with Crippen LogP contribution in [-0.2, 0) is 6.54 Å². The second-order valence-corrected chi connectivity index (χ2v) is 7.34. The van der Waals surface area contributed by atoms with Crippen LogP contribution in [0.25, 0.3) is 0 Å². The monoisotopic (exact) mass is 466 g/mol. The lowest BCUT2D eigenvalue weighted by Gasteiger charge is -2.23. The normalized spacial score (nSPS) is 11.6. The number of ether oxygens (including phenoxy) is 1. The largest absolute Gasteiger partial charge is 0.477 e. The van der Waals surface area contributed by atoms with Gasteiger partial charge in [0.15, 0.2) is 5.96 Å². The average molecular weight is 466 g/mol. The highest BCUT2D eigenvalue weighted by Gasteiger charge is 2.16. The Morgan fingerprint density at radius 3 is 2.71 bits per heavy atom. The molecule has 0 radical (unpaired) electrons. The highest BCUT2D eigenvalue weighted by Crippen LogP contribution is 2.19. The Labute approximate surface area is 167 Å². The van der Waals surface area contributed by atoms with E-state index in [1.54, 1.807) is 6.20 Å². The van der Waals surface area contributed by atoms with E-state index in [9.17, 15) is 0 Å². The summed E-state index contributed by atoms with van der Waals surface area (Å²) in [4.78, 5) is 8.96. The second-order valence-electron chi connectivity index (χ2n) is 5.83. The Bertz CT molecular complexity index is 497. The first-order valence-electron chi connectivity index (χ1n) is 8.16. The Hall–Kier alpha value is -0.700. The quantitative estimate of drug-likeness (QED) is 0.330. The molecule has 2 N–H and O–H groups in total. The van der Waals surface area contributed by atoms with Gasteiger partial charge in [-0.05, 0) is 39.5 Å².